The molecule has 5 nitrogen and oxygen atoms in total. The highest BCUT2D eigenvalue weighted by molar-refractivity contribution is 6.28. The maximum Gasteiger partial charge on any atom is 0.224 e. The average Bonchev–Trinajstić information content (AvgIpc) is 2.23. The Morgan fingerprint density at radius 2 is 2.36 bits per heavy atom. The van der Waals surface area contributed by atoms with Gasteiger partial charge in [0.15, 0.2) is 5.82 Å². The van der Waals surface area contributed by atoms with Gasteiger partial charge >= 0.3 is 0 Å². The van der Waals surface area contributed by atoms with Gasteiger partial charge < -0.3 is 5.73 Å². The van der Waals surface area contributed by atoms with Crippen molar-refractivity contribution in [3.8, 4) is 0 Å². The van der Waals surface area contributed by atoms with Gasteiger partial charge in [-0.1, -0.05) is 0 Å². The topological polar surface area (TPSA) is 64.3 Å². The van der Waals surface area contributed by atoms with E-state index in [9.17, 15) is 0 Å². The van der Waals surface area contributed by atoms with E-state index in [4.69, 9.17) is 22.2 Å². The quantitative estimate of drug-likeness (QED) is 0.713. The van der Waals surface area contributed by atoms with Crippen LogP contribution < -0.4 is 10.8 Å². The molecular weight excluding hydrogens is 204 g/mol. The predicted molar refractivity (Wildman–Crippen MR) is 54.0 cm³/mol. The van der Waals surface area contributed by atoms with E-state index in [0.717, 1.165) is 19.4 Å². The van der Waals surface area contributed by atoms with Crippen molar-refractivity contribution >= 4 is 23.1 Å². The number of nitrogens with zero attached hydrogens (tertiary/aromatic N) is 3. The number of hydrogen-bond acceptors (Lipinski definition) is 5. The summed E-state index contributed by atoms with van der Waals surface area (Å²) in [6.07, 6.45) is 3.62. The van der Waals surface area contributed by atoms with E-state index < -0.39 is 0 Å². The third-order valence-electron chi connectivity index (χ3n) is 2.01. The largest absolute Gasteiger partial charge is 0.394 e. The van der Waals surface area contributed by atoms with Crippen molar-refractivity contribution < 1.29 is 4.84 Å². The standard InChI is InChI=1S/C8H11ClN4O/c9-8-11-5-6(10)7(12-8)13-3-1-2-4-14-13/h5H,1-4,10H2. The highest BCUT2D eigenvalue weighted by Crippen LogP contribution is 2.23. The molecule has 1 saturated heterocycles. The van der Waals surface area contributed by atoms with Crippen molar-refractivity contribution in [2.24, 2.45) is 0 Å². The molecule has 0 unspecified atom stereocenters. The van der Waals surface area contributed by atoms with Gasteiger partial charge in [-0.05, 0) is 24.4 Å². The van der Waals surface area contributed by atoms with Gasteiger partial charge in [-0.2, -0.15) is 4.98 Å². The third-order valence-corrected chi connectivity index (χ3v) is 2.19. The molecule has 6 heteroatoms. The first-order chi connectivity index (χ1) is 6.77. The van der Waals surface area contributed by atoms with E-state index in [1.807, 2.05) is 0 Å². The first-order valence-corrected chi connectivity index (χ1v) is 4.83. The number of hydrogen-bond donors (Lipinski definition) is 1. The second-order valence-electron chi connectivity index (χ2n) is 3.06. The molecule has 0 bridgehead atoms. The molecule has 0 aliphatic carbocycles. The zero-order valence-corrected chi connectivity index (χ0v) is 8.37. The van der Waals surface area contributed by atoms with Crippen LogP contribution in [0.5, 0.6) is 0 Å². The van der Waals surface area contributed by atoms with Crippen LogP contribution in [0.4, 0.5) is 11.5 Å². The van der Waals surface area contributed by atoms with Gasteiger partial charge in [-0.15, -0.1) is 0 Å². The molecule has 14 heavy (non-hydrogen) atoms. The van der Waals surface area contributed by atoms with E-state index in [2.05, 4.69) is 9.97 Å². The van der Waals surface area contributed by atoms with Crippen LogP contribution >= 0.6 is 11.6 Å². The van der Waals surface area contributed by atoms with Gasteiger partial charge in [-0.3, -0.25) is 4.84 Å². The Labute approximate surface area is 86.8 Å². The van der Waals surface area contributed by atoms with Gasteiger partial charge in [0.05, 0.1) is 18.5 Å². The van der Waals surface area contributed by atoms with Crippen molar-refractivity contribution in [1.29, 1.82) is 0 Å². The fourth-order valence-corrected chi connectivity index (χ4v) is 1.45. The molecule has 0 amide bonds. The Hall–Kier alpha value is -1.07. The van der Waals surface area contributed by atoms with Crippen molar-refractivity contribution in [3.05, 3.63) is 11.5 Å². The van der Waals surface area contributed by atoms with Crippen LogP contribution in [0.25, 0.3) is 0 Å². The monoisotopic (exact) mass is 214 g/mol. The summed E-state index contributed by atoms with van der Waals surface area (Å²) in [5.41, 5.74) is 6.20. The zero-order valence-electron chi connectivity index (χ0n) is 7.61. The summed E-state index contributed by atoms with van der Waals surface area (Å²) in [7, 11) is 0. The molecule has 2 N–H and O–H groups in total. The minimum atomic E-state index is 0.184. The van der Waals surface area contributed by atoms with Gasteiger partial charge in [0.25, 0.3) is 0 Å². The SMILES string of the molecule is Nc1cnc(Cl)nc1N1CCCCO1. The van der Waals surface area contributed by atoms with Crippen LogP contribution in [0.2, 0.25) is 5.28 Å². The van der Waals surface area contributed by atoms with E-state index in [0.29, 0.717) is 18.1 Å². The lowest BCUT2D eigenvalue weighted by atomic mass is 10.3. The van der Waals surface area contributed by atoms with E-state index in [1.165, 1.54) is 6.20 Å². The lowest BCUT2D eigenvalue weighted by Gasteiger charge is -2.27. The maximum absolute atomic E-state index is 5.71. The molecule has 0 aromatic carbocycles. The molecule has 1 fully saturated rings. The molecule has 0 spiro atoms. The number of hydroxylamine groups is 1. The number of aromatic nitrogens is 2. The number of rotatable bonds is 1. The second-order valence-corrected chi connectivity index (χ2v) is 3.40. The number of anilines is 2. The van der Waals surface area contributed by atoms with E-state index >= 15 is 0 Å². The minimum Gasteiger partial charge on any atom is -0.394 e. The molecule has 2 rings (SSSR count). The summed E-state index contributed by atoms with van der Waals surface area (Å²) < 4.78 is 0. The zero-order chi connectivity index (χ0) is 9.97. The Bertz CT molecular complexity index is 327. The normalized spacial score (nSPS) is 17.1. The maximum atomic E-state index is 5.71. The molecule has 1 aromatic rings. The van der Waals surface area contributed by atoms with Crippen LogP contribution in [-0.2, 0) is 4.84 Å². The summed E-state index contributed by atoms with van der Waals surface area (Å²) in [5, 5.41) is 1.86. The van der Waals surface area contributed by atoms with Gasteiger partial charge in [0.1, 0.15) is 0 Å². The van der Waals surface area contributed by atoms with Crippen molar-refractivity contribution in [3.63, 3.8) is 0 Å². The van der Waals surface area contributed by atoms with E-state index in [1.54, 1.807) is 5.06 Å². The number of halogens is 1. The first kappa shape index (κ1) is 9.48. The summed E-state index contributed by atoms with van der Waals surface area (Å²) in [6, 6.07) is 0. The number of nitrogen functional groups attached to an aromatic ring is 1. The smallest absolute Gasteiger partial charge is 0.224 e. The molecule has 0 radical (unpaired) electrons. The van der Waals surface area contributed by atoms with Crippen molar-refractivity contribution in [1.82, 2.24) is 9.97 Å². The summed E-state index contributed by atoms with van der Waals surface area (Å²) in [5.74, 6) is 0.560. The Balaban J connectivity index is 2.24. The van der Waals surface area contributed by atoms with Gasteiger partial charge in [-0.25, -0.2) is 10.0 Å². The molecule has 0 saturated carbocycles. The second kappa shape index (κ2) is 3.98. The predicted octanol–water partition coefficient (Wildman–Crippen LogP) is 1.24. The third kappa shape index (κ3) is 1.88. The highest BCUT2D eigenvalue weighted by atomic mass is 35.5. The molecular formula is C8H11ClN4O. The van der Waals surface area contributed by atoms with Crippen LogP contribution in [0.3, 0.4) is 0 Å². The van der Waals surface area contributed by atoms with E-state index in [-0.39, 0.29) is 5.28 Å². The lowest BCUT2D eigenvalue weighted by Crippen LogP contribution is -2.31. The molecule has 76 valence electrons. The van der Waals surface area contributed by atoms with Crippen LogP contribution in [0.15, 0.2) is 6.20 Å². The Kier molecular flexibility index (Phi) is 2.69. The van der Waals surface area contributed by atoms with Crippen molar-refractivity contribution in [2.75, 3.05) is 23.9 Å². The summed E-state index contributed by atoms with van der Waals surface area (Å²) in [6.45, 7) is 1.48. The fraction of sp³-hybridized carbons (Fsp3) is 0.500. The van der Waals surface area contributed by atoms with Gasteiger partial charge in [0, 0.05) is 6.54 Å². The molecule has 2 heterocycles. The van der Waals surface area contributed by atoms with Crippen LogP contribution in [-0.4, -0.2) is 23.1 Å². The fourth-order valence-electron chi connectivity index (χ4n) is 1.32. The molecule has 1 aliphatic heterocycles. The van der Waals surface area contributed by atoms with Crippen molar-refractivity contribution in [2.45, 2.75) is 12.8 Å². The minimum absolute atomic E-state index is 0.184. The highest BCUT2D eigenvalue weighted by Gasteiger charge is 2.16. The van der Waals surface area contributed by atoms with Crippen LogP contribution in [0.1, 0.15) is 12.8 Å². The molecule has 1 aliphatic rings. The average molecular weight is 215 g/mol. The first-order valence-electron chi connectivity index (χ1n) is 4.46. The Morgan fingerprint density at radius 3 is 3.07 bits per heavy atom. The number of nitrogens with two attached hydrogens (primary N) is 1. The summed E-state index contributed by atoms with van der Waals surface area (Å²) in [4.78, 5) is 13.2. The van der Waals surface area contributed by atoms with Gasteiger partial charge in [0.2, 0.25) is 5.28 Å². The summed E-state index contributed by atoms with van der Waals surface area (Å²) >= 11 is 5.68. The Morgan fingerprint density at radius 1 is 1.50 bits per heavy atom. The molecule has 0 atom stereocenters. The molecule has 1 aromatic heterocycles. The lowest BCUT2D eigenvalue weighted by molar-refractivity contribution is 0.0764. The van der Waals surface area contributed by atoms with Crippen LogP contribution in [0, 0.1) is 0 Å².